The molecule has 1 heterocycles. The Morgan fingerprint density at radius 3 is 2.64 bits per heavy atom. The summed E-state index contributed by atoms with van der Waals surface area (Å²) in [6.45, 7) is 1.92. The normalized spacial score (nSPS) is 10.9. The summed E-state index contributed by atoms with van der Waals surface area (Å²) < 4.78 is 5.07. The van der Waals surface area contributed by atoms with E-state index in [4.69, 9.17) is 4.74 Å². The van der Waals surface area contributed by atoms with E-state index < -0.39 is 0 Å². The van der Waals surface area contributed by atoms with Crippen molar-refractivity contribution in [1.29, 1.82) is 0 Å². The van der Waals surface area contributed by atoms with E-state index in [0.29, 0.717) is 5.71 Å². The molecule has 22 heavy (non-hydrogen) atoms. The maximum absolute atomic E-state index is 11.7. The second-order valence-corrected chi connectivity index (χ2v) is 4.53. The summed E-state index contributed by atoms with van der Waals surface area (Å²) in [5.41, 5.74) is 4.71. The van der Waals surface area contributed by atoms with Crippen molar-refractivity contribution in [3.05, 3.63) is 54.4 Å². The van der Waals surface area contributed by atoms with Crippen molar-refractivity contribution in [2.75, 3.05) is 19.0 Å². The first-order valence-electron chi connectivity index (χ1n) is 6.81. The number of benzene rings is 1. The number of methoxy groups -OCH3 is 1. The molecule has 0 spiro atoms. The van der Waals surface area contributed by atoms with Crippen molar-refractivity contribution in [2.45, 2.75) is 6.92 Å². The minimum Gasteiger partial charge on any atom is -0.497 e. The van der Waals surface area contributed by atoms with Gasteiger partial charge in [-0.1, -0.05) is 6.07 Å². The summed E-state index contributed by atoms with van der Waals surface area (Å²) in [7, 11) is 1.61. The maximum Gasteiger partial charge on any atom is 0.259 e. The summed E-state index contributed by atoms with van der Waals surface area (Å²) in [6, 6.07) is 12.9. The molecule has 0 atom stereocenters. The van der Waals surface area contributed by atoms with Crippen molar-refractivity contribution in [1.82, 2.24) is 10.4 Å². The predicted molar refractivity (Wildman–Crippen MR) is 86.1 cm³/mol. The number of aromatic nitrogens is 1. The first kappa shape index (κ1) is 15.5. The second kappa shape index (κ2) is 7.78. The molecule has 0 unspecified atom stereocenters. The van der Waals surface area contributed by atoms with E-state index in [1.165, 1.54) is 0 Å². The Balaban J connectivity index is 1.82. The van der Waals surface area contributed by atoms with Gasteiger partial charge in [-0.05, 0) is 43.3 Å². The van der Waals surface area contributed by atoms with Crippen LogP contribution in [-0.2, 0) is 4.79 Å². The Kier molecular flexibility index (Phi) is 5.48. The zero-order valence-corrected chi connectivity index (χ0v) is 12.5. The summed E-state index contributed by atoms with van der Waals surface area (Å²) in [5.74, 6) is 0.539. The van der Waals surface area contributed by atoms with Crippen molar-refractivity contribution in [3.63, 3.8) is 0 Å². The molecule has 1 aromatic heterocycles. The van der Waals surface area contributed by atoms with Gasteiger partial charge in [-0.15, -0.1) is 0 Å². The molecule has 0 fully saturated rings. The van der Waals surface area contributed by atoms with Crippen LogP contribution in [-0.4, -0.2) is 30.3 Å². The van der Waals surface area contributed by atoms with E-state index in [1.807, 2.05) is 42.5 Å². The van der Waals surface area contributed by atoms with Crippen LogP contribution >= 0.6 is 0 Å². The van der Waals surface area contributed by atoms with Gasteiger partial charge in [0.1, 0.15) is 5.75 Å². The van der Waals surface area contributed by atoms with Crippen LogP contribution in [0.2, 0.25) is 0 Å². The molecule has 0 bridgehead atoms. The van der Waals surface area contributed by atoms with Gasteiger partial charge in [-0.25, -0.2) is 5.43 Å². The van der Waals surface area contributed by atoms with Crippen LogP contribution in [0.5, 0.6) is 5.75 Å². The van der Waals surface area contributed by atoms with Crippen LogP contribution in [0.15, 0.2) is 53.8 Å². The zero-order valence-electron chi connectivity index (χ0n) is 12.5. The maximum atomic E-state index is 11.7. The number of nitrogens with one attached hydrogen (secondary N) is 2. The molecule has 1 amide bonds. The first-order chi connectivity index (χ1) is 10.7. The Bertz CT molecular complexity index is 639. The smallest absolute Gasteiger partial charge is 0.259 e. The second-order valence-electron chi connectivity index (χ2n) is 4.53. The van der Waals surface area contributed by atoms with E-state index in [1.54, 1.807) is 20.2 Å². The monoisotopic (exact) mass is 298 g/mol. The summed E-state index contributed by atoms with van der Waals surface area (Å²) in [6.07, 6.45) is 1.68. The van der Waals surface area contributed by atoms with Gasteiger partial charge in [-0.3, -0.25) is 9.78 Å². The average molecular weight is 298 g/mol. The molecule has 0 saturated heterocycles. The molecule has 0 saturated carbocycles. The lowest BCUT2D eigenvalue weighted by Gasteiger charge is -2.06. The van der Waals surface area contributed by atoms with Crippen molar-refractivity contribution in [3.8, 4) is 5.75 Å². The average Bonchev–Trinajstić information content (AvgIpc) is 2.59. The van der Waals surface area contributed by atoms with Gasteiger partial charge < -0.3 is 10.1 Å². The lowest BCUT2D eigenvalue weighted by atomic mass is 10.3. The first-order valence-corrected chi connectivity index (χ1v) is 6.81. The fourth-order valence-electron chi connectivity index (χ4n) is 1.71. The summed E-state index contributed by atoms with van der Waals surface area (Å²) in [5, 5.41) is 7.04. The number of hydrogen-bond donors (Lipinski definition) is 2. The van der Waals surface area contributed by atoms with Crippen molar-refractivity contribution < 1.29 is 9.53 Å². The highest BCUT2D eigenvalue weighted by atomic mass is 16.5. The third kappa shape index (κ3) is 4.59. The number of nitrogens with zero attached hydrogens (tertiary/aromatic N) is 2. The molecule has 6 nitrogen and oxygen atoms in total. The van der Waals surface area contributed by atoms with E-state index >= 15 is 0 Å². The highest BCUT2D eigenvalue weighted by molar-refractivity contribution is 5.97. The third-order valence-corrected chi connectivity index (χ3v) is 2.93. The molecular formula is C16H18N4O2. The Labute approximate surface area is 129 Å². The van der Waals surface area contributed by atoms with Gasteiger partial charge in [0, 0.05) is 11.9 Å². The standard InChI is InChI=1S/C16H18N4O2/c1-12(15-5-3-4-10-17-15)19-20-16(21)11-18-13-6-8-14(22-2)9-7-13/h3-10,18H,11H2,1-2H3,(H,20,21)/b19-12+. The molecule has 0 aliphatic rings. The van der Waals surface area contributed by atoms with Crippen LogP contribution in [0.1, 0.15) is 12.6 Å². The van der Waals surface area contributed by atoms with E-state index in [0.717, 1.165) is 17.1 Å². The number of pyridine rings is 1. The van der Waals surface area contributed by atoms with Gasteiger partial charge in [0.15, 0.2) is 0 Å². The highest BCUT2D eigenvalue weighted by Gasteiger charge is 2.02. The van der Waals surface area contributed by atoms with Crippen molar-refractivity contribution >= 4 is 17.3 Å². The van der Waals surface area contributed by atoms with Crippen LogP contribution in [0.4, 0.5) is 5.69 Å². The predicted octanol–water partition coefficient (Wildman–Crippen LogP) is 2.04. The Hall–Kier alpha value is -2.89. The molecule has 1 aromatic carbocycles. The van der Waals surface area contributed by atoms with Crippen LogP contribution < -0.4 is 15.5 Å². The fraction of sp³-hybridized carbons (Fsp3) is 0.188. The SMILES string of the molecule is COc1ccc(NCC(=O)N/N=C(\C)c2ccccn2)cc1. The van der Waals surface area contributed by atoms with Gasteiger partial charge >= 0.3 is 0 Å². The Morgan fingerprint density at radius 2 is 2.00 bits per heavy atom. The topological polar surface area (TPSA) is 75.6 Å². The van der Waals surface area contributed by atoms with Gasteiger partial charge in [0.2, 0.25) is 0 Å². The quantitative estimate of drug-likeness (QED) is 0.632. The van der Waals surface area contributed by atoms with Crippen LogP contribution in [0.3, 0.4) is 0 Å². The molecular weight excluding hydrogens is 280 g/mol. The number of hydrogen-bond acceptors (Lipinski definition) is 5. The van der Waals surface area contributed by atoms with E-state index in [2.05, 4.69) is 20.8 Å². The molecule has 0 aliphatic heterocycles. The third-order valence-electron chi connectivity index (χ3n) is 2.93. The van der Waals surface area contributed by atoms with Crippen LogP contribution in [0.25, 0.3) is 0 Å². The molecule has 0 aliphatic carbocycles. The van der Waals surface area contributed by atoms with Gasteiger partial charge in [0.25, 0.3) is 5.91 Å². The number of carbonyl (C=O) groups is 1. The minimum absolute atomic E-state index is 0.130. The lowest BCUT2D eigenvalue weighted by molar-refractivity contribution is -0.119. The number of rotatable bonds is 6. The van der Waals surface area contributed by atoms with Crippen molar-refractivity contribution in [2.24, 2.45) is 5.10 Å². The van der Waals surface area contributed by atoms with Gasteiger partial charge in [-0.2, -0.15) is 5.10 Å². The van der Waals surface area contributed by atoms with E-state index in [-0.39, 0.29) is 12.5 Å². The summed E-state index contributed by atoms with van der Waals surface area (Å²) >= 11 is 0. The zero-order chi connectivity index (χ0) is 15.8. The molecule has 2 aromatic rings. The van der Waals surface area contributed by atoms with Crippen LogP contribution in [0, 0.1) is 0 Å². The number of carbonyl (C=O) groups excluding carboxylic acids is 1. The molecule has 2 rings (SSSR count). The summed E-state index contributed by atoms with van der Waals surface area (Å²) in [4.78, 5) is 15.9. The highest BCUT2D eigenvalue weighted by Crippen LogP contribution is 2.14. The van der Waals surface area contributed by atoms with Gasteiger partial charge in [0.05, 0.1) is 25.1 Å². The fourth-order valence-corrected chi connectivity index (χ4v) is 1.71. The number of amides is 1. The number of hydrazone groups is 1. The molecule has 0 radical (unpaired) electrons. The lowest BCUT2D eigenvalue weighted by Crippen LogP contribution is -2.26. The molecule has 114 valence electrons. The van der Waals surface area contributed by atoms with E-state index in [9.17, 15) is 4.79 Å². The molecule has 6 heteroatoms. The molecule has 2 N–H and O–H groups in total. The Morgan fingerprint density at radius 1 is 1.23 bits per heavy atom. The number of ether oxygens (including phenoxy) is 1. The minimum atomic E-state index is -0.230. The number of anilines is 1. The largest absolute Gasteiger partial charge is 0.497 e.